The molecule has 6 nitrogen and oxygen atoms in total. The summed E-state index contributed by atoms with van der Waals surface area (Å²) in [5.74, 6) is 0. The molecule has 0 radical (unpaired) electrons. The van der Waals surface area contributed by atoms with E-state index < -0.39 is 10.0 Å². The predicted octanol–water partition coefficient (Wildman–Crippen LogP) is 0.812. The van der Waals surface area contributed by atoms with E-state index in [9.17, 15) is 8.42 Å². The van der Waals surface area contributed by atoms with Crippen LogP contribution in [0.4, 0.5) is 11.4 Å². The van der Waals surface area contributed by atoms with E-state index in [1.165, 1.54) is 25.0 Å². The second kappa shape index (κ2) is 5.99. The number of rotatable bonds is 5. The van der Waals surface area contributed by atoms with Gasteiger partial charge in [0, 0.05) is 12.6 Å². The molecule has 2 rings (SSSR count). The van der Waals surface area contributed by atoms with Crippen molar-refractivity contribution in [2.24, 2.45) is 5.14 Å². The van der Waals surface area contributed by atoms with Gasteiger partial charge in [0.2, 0.25) is 10.0 Å². The number of nitrogens with two attached hydrogens (primary N) is 2. The molecule has 1 aromatic rings. The molecule has 1 aliphatic heterocycles. The highest BCUT2D eigenvalue weighted by molar-refractivity contribution is 7.89. The summed E-state index contributed by atoms with van der Waals surface area (Å²) in [5, 5.41) is 8.39. The van der Waals surface area contributed by atoms with Gasteiger partial charge in [-0.3, -0.25) is 0 Å². The molecule has 1 aromatic carbocycles. The van der Waals surface area contributed by atoms with Crippen molar-refractivity contribution >= 4 is 21.4 Å². The Labute approximate surface area is 120 Å². The van der Waals surface area contributed by atoms with Crippen LogP contribution >= 0.6 is 0 Å². The molecule has 0 bridgehead atoms. The summed E-state index contributed by atoms with van der Waals surface area (Å²) in [6, 6.07) is 4.77. The number of likely N-dealkylation sites (tertiary alicyclic amines) is 1. The number of nitrogens with one attached hydrogen (secondary N) is 1. The standard InChI is InChI=1S/C13H22N4O2S/c1-10(9-17-6-2-3-7-17)16-13-5-4-11(8-12(13)14)20(15,18)19/h4-5,8,10,16H,2-3,6-7,9,14H2,1H3,(H2,15,18,19). The van der Waals surface area contributed by atoms with Crippen molar-refractivity contribution in [1.29, 1.82) is 0 Å². The minimum Gasteiger partial charge on any atom is -0.397 e. The average molecular weight is 298 g/mol. The van der Waals surface area contributed by atoms with Crippen LogP contribution in [0.1, 0.15) is 19.8 Å². The van der Waals surface area contributed by atoms with Gasteiger partial charge in [0.1, 0.15) is 0 Å². The number of benzene rings is 1. The topological polar surface area (TPSA) is 101 Å². The van der Waals surface area contributed by atoms with Crippen LogP contribution < -0.4 is 16.2 Å². The lowest BCUT2D eigenvalue weighted by Crippen LogP contribution is -2.33. The van der Waals surface area contributed by atoms with Crippen LogP contribution in [-0.2, 0) is 10.0 Å². The Morgan fingerprint density at radius 2 is 2.00 bits per heavy atom. The van der Waals surface area contributed by atoms with Crippen molar-refractivity contribution in [2.75, 3.05) is 30.7 Å². The van der Waals surface area contributed by atoms with Gasteiger partial charge in [0.05, 0.1) is 16.3 Å². The third-order valence-electron chi connectivity index (χ3n) is 3.48. The second-order valence-electron chi connectivity index (χ2n) is 5.35. The van der Waals surface area contributed by atoms with Crippen LogP contribution in [0.15, 0.2) is 23.1 Å². The summed E-state index contributed by atoms with van der Waals surface area (Å²) < 4.78 is 22.5. The zero-order valence-electron chi connectivity index (χ0n) is 11.7. The van der Waals surface area contributed by atoms with E-state index >= 15 is 0 Å². The van der Waals surface area contributed by atoms with Crippen LogP contribution in [0.2, 0.25) is 0 Å². The Hall–Kier alpha value is -1.31. The Morgan fingerprint density at radius 1 is 1.35 bits per heavy atom. The number of primary sulfonamides is 1. The lowest BCUT2D eigenvalue weighted by molar-refractivity contribution is 0.328. The molecule has 20 heavy (non-hydrogen) atoms. The number of hydrogen-bond acceptors (Lipinski definition) is 5. The zero-order valence-corrected chi connectivity index (χ0v) is 12.5. The molecule has 0 aliphatic carbocycles. The van der Waals surface area contributed by atoms with E-state index in [-0.39, 0.29) is 10.9 Å². The van der Waals surface area contributed by atoms with E-state index in [0.717, 1.165) is 25.3 Å². The summed E-state index contributed by atoms with van der Waals surface area (Å²) in [7, 11) is -3.71. The SMILES string of the molecule is CC(CN1CCCC1)Nc1ccc(S(N)(=O)=O)cc1N. The molecular formula is C13H22N4O2S. The largest absolute Gasteiger partial charge is 0.397 e. The van der Waals surface area contributed by atoms with Crippen LogP contribution in [-0.4, -0.2) is 39.0 Å². The second-order valence-corrected chi connectivity index (χ2v) is 6.91. The van der Waals surface area contributed by atoms with E-state index in [2.05, 4.69) is 17.1 Å². The first-order valence-electron chi connectivity index (χ1n) is 6.77. The van der Waals surface area contributed by atoms with Gasteiger partial charge in [-0.25, -0.2) is 13.6 Å². The maximum Gasteiger partial charge on any atom is 0.238 e. The molecule has 1 saturated heterocycles. The van der Waals surface area contributed by atoms with Crippen molar-refractivity contribution in [2.45, 2.75) is 30.7 Å². The first-order valence-corrected chi connectivity index (χ1v) is 8.32. The fourth-order valence-corrected chi connectivity index (χ4v) is 3.06. The number of hydrogen-bond donors (Lipinski definition) is 3. The molecule has 0 aromatic heterocycles. The molecule has 1 unspecified atom stereocenters. The number of nitrogen functional groups attached to an aromatic ring is 1. The maximum atomic E-state index is 11.2. The van der Waals surface area contributed by atoms with Crippen molar-refractivity contribution in [3.05, 3.63) is 18.2 Å². The Kier molecular flexibility index (Phi) is 4.52. The summed E-state index contributed by atoms with van der Waals surface area (Å²) in [6.07, 6.45) is 2.52. The number of sulfonamides is 1. The average Bonchev–Trinajstić information content (AvgIpc) is 2.83. The van der Waals surface area contributed by atoms with Gasteiger partial charge in [-0.1, -0.05) is 0 Å². The third-order valence-corrected chi connectivity index (χ3v) is 4.40. The van der Waals surface area contributed by atoms with Crippen molar-refractivity contribution in [3.63, 3.8) is 0 Å². The summed E-state index contributed by atoms with van der Waals surface area (Å²) in [6.45, 7) is 5.33. The molecule has 0 saturated carbocycles. The summed E-state index contributed by atoms with van der Waals surface area (Å²) in [4.78, 5) is 2.44. The predicted molar refractivity (Wildman–Crippen MR) is 81.0 cm³/mol. The van der Waals surface area contributed by atoms with Crippen LogP contribution in [0, 0.1) is 0 Å². The number of nitrogens with zero attached hydrogens (tertiary/aromatic N) is 1. The first-order chi connectivity index (χ1) is 9.36. The minimum absolute atomic E-state index is 0.0349. The Balaban J connectivity index is 2.02. The fourth-order valence-electron chi connectivity index (χ4n) is 2.51. The van der Waals surface area contributed by atoms with Gasteiger partial charge in [0.15, 0.2) is 0 Å². The van der Waals surface area contributed by atoms with Gasteiger partial charge in [0.25, 0.3) is 0 Å². The Bertz CT molecular complexity index is 568. The molecule has 1 aliphatic rings. The molecule has 0 spiro atoms. The summed E-state index contributed by atoms with van der Waals surface area (Å²) in [5.41, 5.74) is 7.01. The Morgan fingerprint density at radius 3 is 2.55 bits per heavy atom. The van der Waals surface area contributed by atoms with Crippen LogP contribution in [0.5, 0.6) is 0 Å². The molecule has 1 fully saturated rings. The molecule has 0 amide bonds. The quantitative estimate of drug-likeness (QED) is 0.698. The lowest BCUT2D eigenvalue weighted by Gasteiger charge is -2.22. The van der Waals surface area contributed by atoms with Crippen molar-refractivity contribution in [1.82, 2.24) is 4.90 Å². The van der Waals surface area contributed by atoms with E-state index in [0.29, 0.717) is 5.69 Å². The number of anilines is 2. The maximum absolute atomic E-state index is 11.2. The molecular weight excluding hydrogens is 276 g/mol. The van der Waals surface area contributed by atoms with E-state index in [1.807, 2.05) is 0 Å². The third kappa shape index (κ3) is 3.84. The van der Waals surface area contributed by atoms with Gasteiger partial charge in [-0.05, 0) is 51.1 Å². The lowest BCUT2D eigenvalue weighted by atomic mass is 10.2. The molecule has 1 heterocycles. The van der Waals surface area contributed by atoms with Crippen LogP contribution in [0.25, 0.3) is 0 Å². The van der Waals surface area contributed by atoms with E-state index in [4.69, 9.17) is 10.9 Å². The van der Waals surface area contributed by atoms with Crippen molar-refractivity contribution < 1.29 is 8.42 Å². The summed E-state index contributed by atoms with van der Waals surface area (Å²) >= 11 is 0. The van der Waals surface area contributed by atoms with Gasteiger partial charge in [-0.15, -0.1) is 0 Å². The van der Waals surface area contributed by atoms with Gasteiger partial charge >= 0.3 is 0 Å². The molecule has 112 valence electrons. The van der Waals surface area contributed by atoms with E-state index in [1.54, 1.807) is 6.07 Å². The monoisotopic (exact) mass is 298 g/mol. The van der Waals surface area contributed by atoms with Gasteiger partial charge in [-0.2, -0.15) is 0 Å². The zero-order chi connectivity index (χ0) is 14.8. The minimum atomic E-state index is -3.71. The fraction of sp³-hybridized carbons (Fsp3) is 0.538. The van der Waals surface area contributed by atoms with Crippen LogP contribution in [0.3, 0.4) is 0 Å². The highest BCUT2D eigenvalue weighted by atomic mass is 32.2. The molecule has 1 atom stereocenters. The molecule has 7 heteroatoms. The normalized spacial score (nSPS) is 18.1. The van der Waals surface area contributed by atoms with Gasteiger partial charge < -0.3 is 16.0 Å². The smallest absolute Gasteiger partial charge is 0.238 e. The first kappa shape index (κ1) is 15.1. The highest BCUT2D eigenvalue weighted by Gasteiger charge is 2.16. The molecule has 5 N–H and O–H groups in total. The highest BCUT2D eigenvalue weighted by Crippen LogP contribution is 2.23. The van der Waals surface area contributed by atoms with Crippen molar-refractivity contribution in [3.8, 4) is 0 Å².